The van der Waals surface area contributed by atoms with E-state index in [0.717, 1.165) is 41.2 Å². The number of carbonyl (C=O) groups is 2. The van der Waals surface area contributed by atoms with Crippen LogP contribution in [0.2, 0.25) is 0 Å². The summed E-state index contributed by atoms with van der Waals surface area (Å²) in [6, 6.07) is 10.7. The van der Waals surface area contributed by atoms with Crippen molar-refractivity contribution in [2.24, 2.45) is 10.9 Å². The van der Waals surface area contributed by atoms with Crippen molar-refractivity contribution in [2.45, 2.75) is 39.2 Å². The molecule has 2 N–H and O–H groups in total. The van der Waals surface area contributed by atoms with E-state index < -0.39 is 17.9 Å². The van der Waals surface area contributed by atoms with Crippen LogP contribution in [0.15, 0.2) is 58.5 Å². The molecule has 2 aromatic rings. The van der Waals surface area contributed by atoms with Crippen LogP contribution in [-0.2, 0) is 17.8 Å². The molecule has 1 aromatic heterocycles. The maximum atomic E-state index is 11.9. The molecular formula is C23H26N2O4S. The molecular weight excluding hydrogens is 400 g/mol. The highest BCUT2D eigenvalue weighted by Gasteiger charge is 2.25. The van der Waals surface area contributed by atoms with Gasteiger partial charge in [-0.25, -0.2) is 4.79 Å². The summed E-state index contributed by atoms with van der Waals surface area (Å²) in [5.41, 5.74) is 2.10. The Kier molecular flexibility index (Phi) is 7.41. The van der Waals surface area contributed by atoms with Gasteiger partial charge < -0.3 is 15.1 Å². The molecule has 1 aromatic carbocycles. The molecule has 0 amide bonds. The van der Waals surface area contributed by atoms with Crippen molar-refractivity contribution in [1.29, 1.82) is 0 Å². The van der Waals surface area contributed by atoms with Gasteiger partial charge in [-0.3, -0.25) is 9.79 Å². The van der Waals surface area contributed by atoms with Crippen molar-refractivity contribution in [3.63, 3.8) is 0 Å². The fraction of sp³-hybridized carbons (Fsp3) is 0.348. The number of aliphatic imine (C=N–C) groups is 1. The maximum absolute atomic E-state index is 11.9. The van der Waals surface area contributed by atoms with Gasteiger partial charge in [-0.1, -0.05) is 31.5 Å². The van der Waals surface area contributed by atoms with Gasteiger partial charge >= 0.3 is 11.9 Å². The average molecular weight is 427 g/mol. The van der Waals surface area contributed by atoms with E-state index in [4.69, 9.17) is 5.11 Å². The minimum Gasteiger partial charge on any atom is -0.481 e. The molecule has 0 saturated carbocycles. The Bertz CT molecular complexity index is 933. The first-order valence-electron chi connectivity index (χ1n) is 10.1. The molecule has 3 rings (SSSR count). The Morgan fingerprint density at radius 1 is 1.23 bits per heavy atom. The third-order valence-electron chi connectivity index (χ3n) is 5.09. The van der Waals surface area contributed by atoms with Gasteiger partial charge in [-0.15, -0.1) is 11.3 Å². The standard InChI is InChI=1S/C23H26N2O4S/c1-2-3-6-21-24-14-19(12-18(23(28)29)13-20-5-4-11-30-20)25(21)15-16-7-9-17(10-8-16)22(26)27/h4-5,7-12,18H,2-3,6,13-15H2,1H3,(H,26,27)(H,28,29). The number of hydrogen-bond acceptors (Lipinski definition) is 5. The second-order valence-electron chi connectivity index (χ2n) is 7.31. The first-order valence-corrected chi connectivity index (χ1v) is 10.9. The number of amidine groups is 1. The van der Waals surface area contributed by atoms with E-state index in [2.05, 4.69) is 16.8 Å². The molecule has 0 aliphatic carbocycles. The predicted molar refractivity (Wildman–Crippen MR) is 118 cm³/mol. The molecule has 6 nitrogen and oxygen atoms in total. The predicted octanol–water partition coefficient (Wildman–Crippen LogP) is 4.68. The number of aromatic carboxylic acids is 1. The summed E-state index contributed by atoms with van der Waals surface area (Å²) < 4.78 is 0. The van der Waals surface area contributed by atoms with E-state index in [1.54, 1.807) is 35.6 Å². The molecule has 2 heterocycles. The van der Waals surface area contributed by atoms with E-state index in [9.17, 15) is 14.7 Å². The van der Waals surface area contributed by atoms with E-state index in [1.165, 1.54) is 0 Å². The van der Waals surface area contributed by atoms with Crippen molar-refractivity contribution in [1.82, 2.24) is 4.90 Å². The first-order chi connectivity index (χ1) is 14.5. The van der Waals surface area contributed by atoms with E-state index >= 15 is 0 Å². The zero-order valence-electron chi connectivity index (χ0n) is 17.0. The van der Waals surface area contributed by atoms with Gasteiger partial charge in [-0.05, 0) is 48.1 Å². The summed E-state index contributed by atoms with van der Waals surface area (Å²) >= 11 is 1.56. The lowest BCUT2D eigenvalue weighted by molar-refractivity contribution is -0.140. The van der Waals surface area contributed by atoms with Gasteiger partial charge in [0.25, 0.3) is 0 Å². The summed E-state index contributed by atoms with van der Waals surface area (Å²) in [5, 5.41) is 20.8. The zero-order valence-corrected chi connectivity index (χ0v) is 17.8. The average Bonchev–Trinajstić information content (AvgIpc) is 3.37. The number of benzene rings is 1. The molecule has 1 atom stereocenters. The maximum Gasteiger partial charge on any atom is 0.335 e. The molecule has 1 aliphatic heterocycles. The molecule has 1 aliphatic rings. The fourth-order valence-electron chi connectivity index (χ4n) is 3.42. The second-order valence-corrected chi connectivity index (χ2v) is 8.34. The SMILES string of the molecule is CCCCC1=NCC(=CC(Cc2cccs2)C(=O)O)N1Cc1ccc(C(=O)O)cc1. The highest BCUT2D eigenvalue weighted by atomic mass is 32.1. The normalized spacial score (nSPS) is 16.0. The van der Waals surface area contributed by atoms with Crippen molar-refractivity contribution in [3.8, 4) is 0 Å². The van der Waals surface area contributed by atoms with E-state index in [0.29, 0.717) is 19.5 Å². The van der Waals surface area contributed by atoms with Crippen LogP contribution in [0.1, 0.15) is 47.0 Å². The smallest absolute Gasteiger partial charge is 0.335 e. The second kappa shape index (κ2) is 10.2. The van der Waals surface area contributed by atoms with E-state index in [-0.39, 0.29) is 5.56 Å². The number of aliphatic carboxylic acids is 1. The van der Waals surface area contributed by atoms with Crippen molar-refractivity contribution in [2.75, 3.05) is 6.54 Å². The largest absolute Gasteiger partial charge is 0.481 e. The van der Waals surface area contributed by atoms with Gasteiger partial charge in [0.05, 0.1) is 18.0 Å². The van der Waals surface area contributed by atoms with Gasteiger partial charge in [0.2, 0.25) is 0 Å². The molecule has 0 fully saturated rings. The quantitative estimate of drug-likeness (QED) is 0.576. The van der Waals surface area contributed by atoms with Crippen molar-refractivity contribution in [3.05, 3.63) is 69.6 Å². The number of carboxylic acid groups (broad SMARTS) is 2. The summed E-state index contributed by atoms with van der Waals surface area (Å²) in [5.74, 6) is -1.45. The Morgan fingerprint density at radius 3 is 2.60 bits per heavy atom. The fourth-order valence-corrected chi connectivity index (χ4v) is 4.19. The van der Waals surface area contributed by atoms with Crippen molar-refractivity contribution >= 4 is 29.1 Å². The Hall–Kier alpha value is -2.93. The number of unbranched alkanes of at least 4 members (excludes halogenated alkanes) is 1. The summed E-state index contributed by atoms with van der Waals surface area (Å²) in [7, 11) is 0. The van der Waals surface area contributed by atoms with Crippen LogP contribution in [0, 0.1) is 5.92 Å². The first kappa shape index (κ1) is 21.8. The van der Waals surface area contributed by atoms with Gasteiger partial charge in [0, 0.05) is 23.5 Å². The Morgan fingerprint density at radius 2 is 2.00 bits per heavy atom. The summed E-state index contributed by atoms with van der Waals surface area (Å²) in [6.07, 6.45) is 5.19. The van der Waals surface area contributed by atoms with Crippen LogP contribution in [-0.4, -0.2) is 39.4 Å². The number of thiophene rings is 1. The topological polar surface area (TPSA) is 90.2 Å². The molecule has 7 heteroatoms. The summed E-state index contributed by atoms with van der Waals surface area (Å²) in [6.45, 7) is 3.14. The van der Waals surface area contributed by atoms with Crippen LogP contribution in [0.4, 0.5) is 0 Å². The number of hydrogen-bond donors (Lipinski definition) is 2. The lowest BCUT2D eigenvalue weighted by atomic mass is 10.0. The molecule has 158 valence electrons. The van der Waals surface area contributed by atoms with Gasteiger partial charge in [0.15, 0.2) is 0 Å². The molecule has 0 spiro atoms. The number of nitrogens with zero attached hydrogens (tertiary/aromatic N) is 2. The number of carboxylic acids is 2. The van der Waals surface area contributed by atoms with Crippen LogP contribution in [0.25, 0.3) is 0 Å². The number of rotatable bonds is 10. The third-order valence-corrected chi connectivity index (χ3v) is 5.99. The third kappa shape index (κ3) is 5.57. The highest BCUT2D eigenvalue weighted by Crippen LogP contribution is 2.25. The van der Waals surface area contributed by atoms with Crippen LogP contribution in [0.5, 0.6) is 0 Å². The molecule has 0 radical (unpaired) electrons. The van der Waals surface area contributed by atoms with Crippen LogP contribution < -0.4 is 0 Å². The minimum absolute atomic E-state index is 0.248. The minimum atomic E-state index is -0.952. The zero-order chi connectivity index (χ0) is 21.5. The van der Waals surface area contributed by atoms with Crippen LogP contribution >= 0.6 is 11.3 Å². The van der Waals surface area contributed by atoms with Crippen LogP contribution in [0.3, 0.4) is 0 Å². The molecule has 1 unspecified atom stereocenters. The lowest BCUT2D eigenvalue weighted by Crippen LogP contribution is -2.27. The lowest BCUT2D eigenvalue weighted by Gasteiger charge is -2.24. The Balaban J connectivity index is 1.83. The summed E-state index contributed by atoms with van der Waals surface area (Å²) in [4.78, 5) is 30.8. The van der Waals surface area contributed by atoms with Gasteiger partial charge in [0.1, 0.15) is 5.84 Å². The highest BCUT2D eigenvalue weighted by molar-refractivity contribution is 7.09. The molecule has 0 saturated heterocycles. The molecule has 30 heavy (non-hydrogen) atoms. The van der Waals surface area contributed by atoms with Gasteiger partial charge in [-0.2, -0.15) is 0 Å². The monoisotopic (exact) mass is 426 g/mol. The Labute approximate surface area is 180 Å². The van der Waals surface area contributed by atoms with Crippen molar-refractivity contribution < 1.29 is 19.8 Å². The van der Waals surface area contributed by atoms with E-state index in [1.807, 2.05) is 23.6 Å². The molecule has 0 bridgehead atoms.